The molecular weight excluding hydrogens is 364 g/mol. The number of anilines is 1. The van der Waals surface area contributed by atoms with Gasteiger partial charge in [-0.05, 0) is 47.8 Å². The molecule has 2 aromatic carbocycles. The Bertz CT molecular complexity index is 976. The lowest BCUT2D eigenvalue weighted by Gasteiger charge is -2.08. The highest BCUT2D eigenvalue weighted by Gasteiger charge is 2.10. The van der Waals surface area contributed by atoms with Crippen LogP contribution in [0.2, 0.25) is 0 Å². The molecule has 0 saturated heterocycles. The van der Waals surface area contributed by atoms with Crippen LogP contribution in [0.15, 0.2) is 66.0 Å². The summed E-state index contributed by atoms with van der Waals surface area (Å²) in [5.74, 6) is -0.146. The number of nitriles is 1. The number of carbonyl (C=O) groups is 2. The second kappa shape index (κ2) is 8.65. The van der Waals surface area contributed by atoms with Gasteiger partial charge in [-0.2, -0.15) is 5.26 Å². The van der Waals surface area contributed by atoms with Crippen LogP contribution in [0.25, 0.3) is 0 Å². The molecule has 0 aliphatic rings. The minimum Gasteiger partial charge on any atom is -0.481 e. The number of thiophene rings is 1. The van der Waals surface area contributed by atoms with Gasteiger partial charge in [0.25, 0.3) is 5.91 Å². The standard InChI is InChI=1S/C20H14N2O4S/c21-12-14-4-1-2-5-17(14)25-13-19(23)26-16-9-7-15(8-10-16)22-20(24)18-6-3-11-27-18/h1-11H,13H2,(H,22,24). The lowest BCUT2D eigenvalue weighted by molar-refractivity contribution is -0.136. The van der Waals surface area contributed by atoms with Crippen molar-refractivity contribution in [3.8, 4) is 17.6 Å². The van der Waals surface area contributed by atoms with Crippen molar-refractivity contribution in [2.75, 3.05) is 11.9 Å². The third-order valence-electron chi connectivity index (χ3n) is 3.44. The minimum absolute atomic E-state index is 0.195. The molecule has 0 unspecified atom stereocenters. The number of hydrogen-bond acceptors (Lipinski definition) is 6. The van der Waals surface area contributed by atoms with E-state index in [1.165, 1.54) is 11.3 Å². The molecule has 134 valence electrons. The third-order valence-corrected chi connectivity index (χ3v) is 4.31. The van der Waals surface area contributed by atoms with Crippen LogP contribution < -0.4 is 14.8 Å². The highest BCUT2D eigenvalue weighted by atomic mass is 32.1. The van der Waals surface area contributed by atoms with Gasteiger partial charge in [0, 0.05) is 5.69 Å². The van der Waals surface area contributed by atoms with Gasteiger partial charge in [0.15, 0.2) is 6.61 Å². The number of para-hydroxylation sites is 1. The van der Waals surface area contributed by atoms with Gasteiger partial charge < -0.3 is 14.8 Å². The summed E-state index contributed by atoms with van der Waals surface area (Å²) < 4.78 is 10.5. The Hall–Kier alpha value is -3.63. The maximum atomic E-state index is 12.0. The van der Waals surface area contributed by atoms with Crippen LogP contribution in [0.4, 0.5) is 5.69 Å². The van der Waals surface area contributed by atoms with E-state index < -0.39 is 5.97 Å². The predicted molar refractivity (Wildman–Crippen MR) is 101 cm³/mol. The summed E-state index contributed by atoms with van der Waals surface area (Å²) >= 11 is 1.35. The SMILES string of the molecule is N#Cc1ccccc1OCC(=O)Oc1ccc(NC(=O)c2cccs2)cc1. The lowest BCUT2D eigenvalue weighted by atomic mass is 10.2. The molecule has 27 heavy (non-hydrogen) atoms. The van der Waals surface area contributed by atoms with Crippen LogP contribution >= 0.6 is 11.3 Å². The normalized spacial score (nSPS) is 9.89. The molecule has 0 aliphatic heterocycles. The lowest BCUT2D eigenvalue weighted by Crippen LogP contribution is -2.18. The molecular formula is C20H14N2O4S. The van der Waals surface area contributed by atoms with Gasteiger partial charge in [-0.1, -0.05) is 18.2 Å². The zero-order chi connectivity index (χ0) is 19.1. The van der Waals surface area contributed by atoms with E-state index in [1.54, 1.807) is 60.7 Å². The monoisotopic (exact) mass is 378 g/mol. The number of carbonyl (C=O) groups excluding carboxylic acids is 2. The molecule has 3 aromatic rings. The van der Waals surface area contributed by atoms with Gasteiger partial charge in [-0.15, -0.1) is 11.3 Å². The van der Waals surface area contributed by atoms with E-state index in [0.29, 0.717) is 27.6 Å². The van der Waals surface area contributed by atoms with Crippen molar-refractivity contribution in [3.05, 3.63) is 76.5 Å². The van der Waals surface area contributed by atoms with Crippen LogP contribution in [-0.2, 0) is 4.79 Å². The summed E-state index contributed by atoms with van der Waals surface area (Å²) in [6.45, 7) is -0.324. The average Bonchev–Trinajstić information content (AvgIpc) is 3.23. The van der Waals surface area contributed by atoms with E-state index in [-0.39, 0.29) is 12.5 Å². The summed E-state index contributed by atoms with van der Waals surface area (Å²) in [5, 5.41) is 13.6. The molecule has 6 nitrogen and oxygen atoms in total. The van der Waals surface area contributed by atoms with E-state index in [0.717, 1.165) is 0 Å². The Kier molecular flexibility index (Phi) is 5.82. The molecule has 1 heterocycles. The summed E-state index contributed by atoms with van der Waals surface area (Å²) in [4.78, 5) is 24.5. The van der Waals surface area contributed by atoms with E-state index in [1.807, 2.05) is 11.4 Å². The predicted octanol–water partition coefficient (Wildman–Crippen LogP) is 3.86. The Morgan fingerprint density at radius 3 is 2.52 bits per heavy atom. The summed E-state index contributed by atoms with van der Waals surface area (Å²) in [6.07, 6.45) is 0. The van der Waals surface area contributed by atoms with Crippen molar-refractivity contribution in [2.24, 2.45) is 0 Å². The maximum absolute atomic E-state index is 12.0. The van der Waals surface area contributed by atoms with Crippen molar-refractivity contribution in [1.29, 1.82) is 5.26 Å². The molecule has 0 bridgehead atoms. The molecule has 3 rings (SSSR count). The Morgan fingerprint density at radius 2 is 1.81 bits per heavy atom. The topological polar surface area (TPSA) is 88.4 Å². The van der Waals surface area contributed by atoms with Crippen molar-refractivity contribution in [3.63, 3.8) is 0 Å². The number of benzene rings is 2. The molecule has 7 heteroatoms. The van der Waals surface area contributed by atoms with Gasteiger partial charge in [0.2, 0.25) is 0 Å². The summed E-state index contributed by atoms with van der Waals surface area (Å²) in [6, 6.07) is 18.6. The third kappa shape index (κ3) is 4.93. The van der Waals surface area contributed by atoms with Crippen LogP contribution in [0, 0.1) is 11.3 Å². The first-order chi connectivity index (χ1) is 13.2. The van der Waals surface area contributed by atoms with Crippen LogP contribution in [0.1, 0.15) is 15.2 Å². The van der Waals surface area contributed by atoms with Crippen molar-refractivity contribution in [1.82, 2.24) is 0 Å². The molecule has 1 aromatic heterocycles. The quantitative estimate of drug-likeness (QED) is 0.520. The number of nitrogens with zero attached hydrogens (tertiary/aromatic N) is 1. The number of rotatable bonds is 6. The van der Waals surface area contributed by atoms with Crippen LogP contribution in [0.3, 0.4) is 0 Å². The fourth-order valence-corrected chi connectivity index (χ4v) is 2.81. The molecule has 0 aliphatic carbocycles. The molecule has 1 amide bonds. The minimum atomic E-state index is -0.599. The summed E-state index contributed by atoms with van der Waals surface area (Å²) in [7, 11) is 0. The van der Waals surface area contributed by atoms with Crippen molar-refractivity contribution >= 4 is 28.9 Å². The van der Waals surface area contributed by atoms with Crippen molar-refractivity contribution < 1.29 is 19.1 Å². The van der Waals surface area contributed by atoms with Gasteiger partial charge in [-0.3, -0.25) is 4.79 Å². The molecule has 0 spiro atoms. The Balaban J connectivity index is 1.52. The van der Waals surface area contributed by atoms with Gasteiger partial charge in [-0.25, -0.2) is 4.79 Å². The zero-order valence-corrected chi connectivity index (χ0v) is 14.9. The van der Waals surface area contributed by atoms with E-state index in [4.69, 9.17) is 14.7 Å². The largest absolute Gasteiger partial charge is 0.481 e. The molecule has 0 radical (unpaired) electrons. The molecule has 1 N–H and O–H groups in total. The van der Waals surface area contributed by atoms with Crippen molar-refractivity contribution in [2.45, 2.75) is 0 Å². The average molecular weight is 378 g/mol. The fraction of sp³-hybridized carbons (Fsp3) is 0.0500. The van der Waals surface area contributed by atoms with E-state index in [9.17, 15) is 9.59 Å². The highest BCUT2D eigenvalue weighted by Crippen LogP contribution is 2.19. The fourth-order valence-electron chi connectivity index (χ4n) is 2.19. The second-order valence-corrected chi connectivity index (χ2v) is 6.27. The zero-order valence-electron chi connectivity index (χ0n) is 14.0. The number of hydrogen-bond donors (Lipinski definition) is 1. The number of esters is 1. The Labute approximate surface area is 159 Å². The first kappa shape index (κ1) is 18.2. The number of nitrogens with one attached hydrogen (secondary N) is 1. The first-order valence-electron chi connectivity index (χ1n) is 7.93. The number of ether oxygens (including phenoxy) is 2. The highest BCUT2D eigenvalue weighted by molar-refractivity contribution is 7.12. The smallest absolute Gasteiger partial charge is 0.349 e. The van der Waals surface area contributed by atoms with Crippen LogP contribution in [0.5, 0.6) is 11.5 Å². The number of amides is 1. The maximum Gasteiger partial charge on any atom is 0.349 e. The van der Waals surface area contributed by atoms with Crippen LogP contribution in [-0.4, -0.2) is 18.5 Å². The molecule has 0 atom stereocenters. The first-order valence-corrected chi connectivity index (χ1v) is 8.81. The second-order valence-electron chi connectivity index (χ2n) is 5.33. The van der Waals surface area contributed by atoms with E-state index in [2.05, 4.69) is 5.32 Å². The van der Waals surface area contributed by atoms with Gasteiger partial charge in [0.1, 0.15) is 17.6 Å². The molecule has 0 saturated carbocycles. The van der Waals surface area contributed by atoms with Gasteiger partial charge >= 0.3 is 5.97 Å². The molecule has 0 fully saturated rings. The van der Waals surface area contributed by atoms with Gasteiger partial charge in [0.05, 0.1) is 10.4 Å². The van der Waals surface area contributed by atoms with E-state index >= 15 is 0 Å². The Morgan fingerprint density at radius 1 is 1.04 bits per heavy atom. The summed E-state index contributed by atoms with van der Waals surface area (Å²) in [5.41, 5.74) is 0.934.